The van der Waals surface area contributed by atoms with Crippen molar-refractivity contribution >= 4 is 11.9 Å². The van der Waals surface area contributed by atoms with Crippen molar-refractivity contribution in [2.75, 3.05) is 0 Å². The summed E-state index contributed by atoms with van der Waals surface area (Å²) < 4.78 is 11.4. The van der Waals surface area contributed by atoms with Crippen LogP contribution in [0.25, 0.3) is 0 Å². The van der Waals surface area contributed by atoms with Gasteiger partial charge in [0.1, 0.15) is 12.2 Å². The standard InChI is InChI=1S/C20H34O4/c1-3-20(4-2,19(22)24-17-13-9-6-10-14-17)15-18(21)23-16-11-7-5-8-12-16/h16-17H,3-15H2,1-2H3. The van der Waals surface area contributed by atoms with Crippen molar-refractivity contribution in [3.05, 3.63) is 0 Å². The summed E-state index contributed by atoms with van der Waals surface area (Å²) in [6, 6.07) is 0. The van der Waals surface area contributed by atoms with Crippen LogP contribution in [0, 0.1) is 5.41 Å². The molecular formula is C20H34O4. The third-order valence-corrected chi connectivity index (χ3v) is 5.95. The predicted molar refractivity (Wildman–Crippen MR) is 93.6 cm³/mol. The molecule has 0 aliphatic heterocycles. The minimum Gasteiger partial charge on any atom is -0.462 e. The molecule has 0 aromatic heterocycles. The molecule has 0 amide bonds. The highest BCUT2D eigenvalue weighted by atomic mass is 16.6. The molecule has 4 nitrogen and oxygen atoms in total. The number of rotatable bonds is 7. The molecule has 138 valence electrons. The van der Waals surface area contributed by atoms with Crippen LogP contribution in [0.3, 0.4) is 0 Å². The first-order chi connectivity index (χ1) is 11.6. The van der Waals surface area contributed by atoms with Crippen LogP contribution in [-0.4, -0.2) is 24.1 Å². The molecule has 0 aromatic carbocycles. The van der Waals surface area contributed by atoms with E-state index in [1.807, 2.05) is 13.8 Å². The zero-order valence-electron chi connectivity index (χ0n) is 15.5. The van der Waals surface area contributed by atoms with Crippen LogP contribution in [0.1, 0.15) is 97.3 Å². The Morgan fingerprint density at radius 2 is 1.25 bits per heavy atom. The molecule has 0 bridgehead atoms. The van der Waals surface area contributed by atoms with E-state index in [0.29, 0.717) is 12.8 Å². The Labute approximate surface area is 146 Å². The summed E-state index contributed by atoms with van der Waals surface area (Å²) in [5.74, 6) is -0.425. The lowest BCUT2D eigenvalue weighted by Gasteiger charge is -2.32. The van der Waals surface area contributed by atoms with E-state index >= 15 is 0 Å². The van der Waals surface area contributed by atoms with Crippen molar-refractivity contribution in [1.82, 2.24) is 0 Å². The van der Waals surface area contributed by atoms with Crippen LogP contribution in [-0.2, 0) is 19.1 Å². The monoisotopic (exact) mass is 338 g/mol. The van der Waals surface area contributed by atoms with Gasteiger partial charge in [-0.1, -0.05) is 26.7 Å². The van der Waals surface area contributed by atoms with Gasteiger partial charge in [0.15, 0.2) is 0 Å². The largest absolute Gasteiger partial charge is 0.462 e. The molecule has 0 saturated heterocycles. The Morgan fingerprint density at radius 1 is 0.792 bits per heavy atom. The molecule has 4 heteroatoms. The highest BCUT2D eigenvalue weighted by Gasteiger charge is 2.41. The van der Waals surface area contributed by atoms with E-state index in [1.54, 1.807) is 0 Å². The highest BCUT2D eigenvalue weighted by molar-refractivity contribution is 5.83. The molecule has 0 spiro atoms. The number of carbonyl (C=O) groups excluding carboxylic acids is 2. The fourth-order valence-corrected chi connectivity index (χ4v) is 4.01. The number of ether oxygens (including phenoxy) is 2. The smallest absolute Gasteiger partial charge is 0.312 e. The molecule has 2 rings (SSSR count). The summed E-state index contributed by atoms with van der Waals surface area (Å²) >= 11 is 0. The molecule has 0 aromatic rings. The number of hydrogen-bond acceptors (Lipinski definition) is 4. The van der Waals surface area contributed by atoms with Crippen molar-refractivity contribution in [3.8, 4) is 0 Å². The summed E-state index contributed by atoms with van der Waals surface area (Å²) in [7, 11) is 0. The average molecular weight is 338 g/mol. The van der Waals surface area contributed by atoms with Gasteiger partial charge in [0, 0.05) is 0 Å². The second kappa shape index (κ2) is 9.43. The fourth-order valence-electron chi connectivity index (χ4n) is 4.01. The molecule has 2 saturated carbocycles. The van der Waals surface area contributed by atoms with Gasteiger partial charge in [0.05, 0.1) is 11.8 Å². The number of carbonyl (C=O) groups is 2. The van der Waals surface area contributed by atoms with E-state index in [2.05, 4.69) is 0 Å². The number of hydrogen-bond donors (Lipinski definition) is 0. The number of esters is 2. The van der Waals surface area contributed by atoms with Crippen molar-refractivity contribution in [1.29, 1.82) is 0 Å². The Kier molecular flexibility index (Phi) is 7.57. The van der Waals surface area contributed by atoms with E-state index in [0.717, 1.165) is 51.4 Å². The van der Waals surface area contributed by atoms with Crippen LogP contribution in [0.15, 0.2) is 0 Å². The SMILES string of the molecule is CCC(CC)(CC(=O)OC1CCCCC1)C(=O)OC1CCCCC1. The van der Waals surface area contributed by atoms with Crippen molar-refractivity contribution in [3.63, 3.8) is 0 Å². The highest BCUT2D eigenvalue weighted by Crippen LogP contribution is 2.35. The molecule has 0 N–H and O–H groups in total. The van der Waals surface area contributed by atoms with Gasteiger partial charge in [0.2, 0.25) is 0 Å². The summed E-state index contributed by atoms with van der Waals surface area (Å²) in [4.78, 5) is 25.2. The molecule has 0 atom stereocenters. The van der Waals surface area contributed by atoms with Crippen LogP contribution < -0.4 is 0 Å². The lowest BCUT2D eigenvalue weighted by Crippen LogP contribution is -2.38. The summed E-state index contributed by atoms with van der Waals surface area (Å²) in [6.07, 6.45) is 12.3. The van der Waals surface area contributed by atoms with Gasteiger partial charge < -0.3 is 9.47 Å². The molecule has 0 radical (unpaired) electrons. The lowest BCUT2D eigenvalue weighted by molar-refractivity contribution is -0.171. The maximum Gasteiger partial charge on any atom is 0.312 e. The molecular weight excluding hydrogens is 304 g/mol. The van der Waals surface area contributed by atoms with E-state index in [4.69, 9.17) is 9.47 Å². The van der Waals surface area contributed by atoms with Crippen molar-refractivity contribution in [2.24, 2.45) is 5.41 Å². The summed E-state index contributed by atoms with van der Waals surface area (Å²) in [5, 5.41) is 0. The van der Waals surface area contributed by atoms with Crippen molar-refractivity contribution < 1.29 is 19.1 Å². The summed E-state index contributed by atoms with van der Waals surface area (Å²) in [6.45, 7) is 3.94. The molecule has 24 heavy (non-hydrogen) atoms. The molecule has 0 heterocycles. The van der Waals surface area contributed by atoms with Crippen LogP contribution in [0.2, 0.25) is 0 Å². The first-order valence-electron chi connectivity index (χ1n) is 10.00. The normalized spacial score (nSPS) is 20.6. The zero-order chi connectivity index (χ0) is 17.4. The van der Waals surface area contributed by atoms with Crippen LogP contribution >= 0.6 is 0 Å². The third kappa shape index (κ3) is 5.22. The Hall–Kier alpha value is -1.06. The second-order valence-corrected chi connectivity index (χ2v) is 7.58. The maximum atomic E-state index is 12.8. The molecule has 2 aliphatic rings. The van der Waals surface area contributed by atoms with Gasteiger partial charge >= 0.3 is 11.9 Å². The Bertz CT molecular complexity index is 402. The Balaban J connectivity index is 1.91. The van der Waals surface area contributed by atoms with Crippen LogP contribution in [0.5, 0.6) is 0 Å². The molecule has 0 unspecified atom stereocenters. The fraction of sp³-hybridized carbons (Fsp3) is 0.900. The van der Waals surface area contributed by atoms with Gasteiger partial charge in [0.25, 0.3) is 0 Å². The van der Waals surface area contributed by atoms with E-state index in [9.17, 15) is 9.59 Å². The minimum absolute atomic E-state index is 0.0399. The predicted octanol–water partition coefficient (Wildman–Crippen LogP) is 4.93. The third-order valence-electron chi connectivity index (χ3n) is 5.95. The Morgan fingerprint density at radius 3 is 1.71 bits per heavy atom. The van der Waals surface area contributed by atoms with E-state index < -0.39 is 5.41 Å². The molecule has 2 aliphatic carbocycles. The van der Waals surface area contributed by atoms with Gasteiger partial charge in [-0.3, -0.25) is 9.59 Å². The zero-order valence-corrected chi connectivity index (χ0v) is 15.5. The van der Waals surface area contributed by atoms with Crippen LogP contribution in [0.4, 0.5) is 0 Å². The lowest BCUT2D eigenvalue weighted by atomic mass is 9.79. The van der Waals surface area contributed by atoms with Gasteiger partial charge in [-0.15, -0.1) is 0 Å². The maximum absolute atomic E-state index is 12.8. The van der Waals surface area contributed by atoms with E-state index in [1.165, 1.54) is 12.8 Å². The summed E-state index contributed by atoms with van der Waals surface area (Å²) in [5.41, 5.74) is -0.719. The quantitative estimate of drug-likeness (QED) is 0.617. The topological polar surface area (TPSA) is 52.6 Å². The molecule has 2 fully saturated rings. The van der Waals surface area contributed by atoms with Gasteiger partial charge in [-0.2, -0.15) is 0 Å². The van der Waals surface area contributed by atoms with Gasteiger partial charge in [-0.25, -0.2) is 0 Å². The second-order valence-electron chi connectivity index (χ2n) is 7.58. The first-order valence-corrected chi connectivity index (χ1v) is 10.00. The van der Waals surface area contributed by atoms with Gasteiger partial charge in [-0.05, 0) is 64.2 Å². The minimum atomic E-state index is -0.719. The van der Waals surface area contributed by atoms with Crippen molar-refractivity contribution in [2.45, 2.75) is 110 Å². The average Bonchev–Trinajstić information content (AvgIpc) is 2.61. The first kappa shape index (κ1) is 19.3. The van der Waals surface area contributed by atoms with E-state index in [-0.39, 0.29) is 30.6 Å².